The highest BCUT2D eigenvalue weighted by Crippen LogP contribution is 2.22. The van der Waals surface area contributed by atoms with Crippen molar-refractivity contribution in [2.45, 2.75) is 58.5 Å². The van der Waals surface area contributed by atoms with Crippen molar-refractivity contribution in [2.24, 2.45) is 5.92 Å². The zero-order valence-corrected chi connectivity index (χ0v) is 12.1. The molecule has 1 saturated carbocycles. The number of imidazole rings is 1. The molecule has 1 aromatic heterocycles. The Morgan fingerprint density at radius 3 is 2.53 bits per heavy atom. The summed E-state index contributed by atoms with van der Waals surface area (Å²) in [5, 5.41) is 3.50. The van der Waals surface area contributed by atoms with Crippen LogP contribution in [0.2, 0.25) is 0 Å². The first-order valence-corrected chi connectivity index (χ1v) is 7.77. The molecule has 4 heteroatoms. The number of hydrogen-bond acceptors (Lipinski definition) is 2. The Morgan fingerprint density at radius 2 is 1.84 bits per heavy atom. The van der Waals surface area contributed by atoms with Crippen molar-refractivity contribution in [3.05, 3.63) is 22.9 Å². The van der Waals surface area contributed by atoms with Crippen LogP contribution in [0.5, 0.6) is 0 Å². The number of hydrogen-bond donors (Lipinski definition) is 1. The van der Waals surface area contributed by atoms with Crippen molar-refractivity contribution in [3.63, 3.8) is 0 Å². The summed E-state index contributed by atoms with van der Waals surface area (Å²) in [6.45, 7) is 5.70. The fraction of sp³-hybridized carbons (Fsp3) is 0.800. The second-order valence-corrected chi connectivity index (χ2v) is 5.68. The summed E-state index contributed by atoms with van der Waals surface area (Å²) in [7, 11) is 0. The summed E-state index contributed by atoms with van der Waals surface area (Å²) in [5.74, 6) is 0.857. The van der Waals surface area contributed by atoms with Gasteiger partial charge in [-0.05, 0) is 31.7 Å². The molecule has 1 N–H and O–H groups in total. The molecule has 0 spiro atoms. The molecule has 19 heavy (non-hydrogen) atoms. The Kier molecular flexibility index (Phi) is 5.70. The Labute approximate surface area is 115 Å². The summed E-state index contributed by atoms with van der Waals surface area (Å²) >= 11 is 0. The summed E-state index contributed by atoms with van der Waals surface area (Å²) < 4.78 is 3.60. The molecule has 0 unspecified atom stereocenters. The molecule has 0 radical (unpaired) electrons. The van der Waals surface area contributed by atoms with Gasteiger partial charge in [-0.15, -0.1) is 0 Å². The molecule has 1 heterocycles. The minimum absolute atomic E-state index is 0.126. The van der Waals surface area contributed by atoms with Crippen LogP contribution in [0.25, 0.3) is 0 Å². The molecule has 0 bridgehead atoms. The standard InChI is InChI=1S/C15H27N3O/c1-2-9-17-11-12-18(15(17)19)10-8-16-13-14-6-4-3-5-7-14/h11-12,14,16H,2-10,13H2,1H3. The number of rotatable bonds is 7. The number of nitrogens with zero attached hydrogens (tertiary/aromatic N) is 2. The van der Waals surface area contributed by atoms with E-state index in [0.29, 0.717) is 0 Å². The minimum Gasteiger partial charge on any atom is -0.315 e. The average molecular weight is 265 g/mol. The Bertz CT molecular complexity index is 415. The lowest BCUT2D eigenvalue weighted by atomic mass is 9.89. The van der Waals surface area contributed by atoms with Gasteiger partial charge < -0.3 is 5.32 Å². The molecule has 0 aromatic carbocycles. The number of nitrogens with one attached hydrogen (secondary N) is 1. The van der Waals surface area contributed by atoms with Crippen LogP contribution < -0.4 is 11.0 Å². The van der Waals surface area contributed by atoms with Gasteiger partial charge in [0.25, 0.3) is 0 Å². The van der Waals surface area contributed by atoms with Gasteiger partial charge in [-0.3, -0.25) is 9.13 Å². The SMILES string of the molecule is CCCn1ccn(CCNCC2CCCCC2)c1=O. The van der Waals surface area contributed by atoms with Crippen LogP contribution in [-0.4, -0.2) is 22.2 Å². The maximum absolute atomic E-state index is 12.0. The van der Waals surface area contributed by atoms with Gasteiger partial charge in [-0.2, -0.15) is 0 Å². The third-order valence-electron chi connectivity index (χ3n) is 4.07. The Morgan fingerprint density at radius 1 is 1.16 bits per heavy atom. The van der Waals surface area contributed by atoms with E-state index in [1.54, 1.807) is 4.57 Å². The van der Waals surface area contributed by atoms with Crippen molar-refractivity contribution in [1.29, 1.82) is 0 Å². The summed E-state index contributed by atoms with van der Waals surface area (Å²) in [5.41, 5.74) is 0.126. The lowest BCUT2D eigenvalue weighted by molar-refractivity contribution is 0.340. The molecule has 2 rings (SSSR count). The molecule has 0 atom stereocenters. The summed E-state index contributed by atoms with van der Waals surface area (Å²) in [6.07, 6.45) is 11.8. The molecule has 1 aromatic rings. The van der Waals surface area contributed by atoms with Crippen molar-refractivity contribution < 1.29 is 0 Å². The second kappa shape index (κ2) is 7.53. The van der Waals surface area contributed by atoms with E-state index in [1.165, 1.54) is 32.1 Å². The van der Waals surface area contributed by atoms with E-state index in [-0.39, 0.29) is 5.69 Å². The van der Waals surface area contributed by atoms with Crippen LogP contribution in [0.3, 0.4) is 0 Å². The molecular formula is C15H27N3O. The smallest absolute Gasteiger partial charge is 0.315 e. The highest BCUT2D eigenvalue weighted by atomic mass is 16.1. The Balaban J connectivity index is 1.69. The third-order valence-corrected chi connectivity index (χ3v) is 4.07. The van der Waals surface area contributed by atoms with Crippen LogP contribution in [0.15, 0.2) is 17.2 Å². The number of aromatic nitrogens is 2. The molecule has 4 nitrogen and oxygen atoms in total. The summed E-state index contributed by atoms with van der Waals surface area (Å²) in [6, 6.07) is 0. The van der Waals surface area contributed by atoms with Gasteiger partial charge in [0, 0.05) is 32.0 Å². The van der Waals surface area contributed by atoms with Crippen molar-refractivity contribution >= 4 is 0 Å². The molecule has 108 valence electrons. The van der Waals surface area contributed by atoms with Gasteiger partial charge in [0.2, 0.25) is 0 Å². The van der Waals surface area contributed by atoms with Crippen molar-refractivity contribution in [3.8, 4) is 0 Å². The van der Waals surface area contributed by atoms with Gasteiger partial charge in [-0.1, -0.05) is 26.2 Å². The van der Waals surface area contributed by atoms with Gasteiger partial charge in [0.05, 0.1) is 0 Å². The van der Waals surface area contributed by atoms with Crippen molar-refractivity contribution in [1.82, 2.24) is 14.5 Å². The van der Waals surface area contributed by atoms with Crippen molar-refractivity contribution in [2.75, 3.05) is 13.1 Å². The predicted octanol–water partition coefficient (Wildman–Crippen LogP) is 2.23. The van der Waals surface area contributed by atoms with E-state index in [1.807, 2.05) is 17.0 Å². The molecule has 1 aliphatic rings. The highest BCUT2D eigenvalue weighted by molar-refractivity contribution is 4.81. The first-order valence-electron chi connectivity index (χ1n) is 7.77. The van der Waals surface area contributed by atoms with E-state index < -0.39 is 0 Å². The maximum atomic E-state index is 12.0. The van der Waals surface area contributed by atoms with Crippen LogP contribution in [-0.2, 0) is 13.1 Å². The van der Waals surface area contributed by atoms with Gasteiger partial charge in [-0.25, -0.2) is 4.79 Å². The summed E-state index contributed by atoms with van der Waals surface area (Å²) in [4.78, 5) is 12.0. The third kappa shape index (κ3) is 4.23. The molecule has 0 amide bonds. The fourth-order valence-electron chi connectivity index (χ4n) is 2.93. The molecular weight excluding hydrogens is 238 g/mol. The van der Waals surface area contributed by atoms with Crippen LogP contribution >= 0.6 is 0 Å². The predicted molar refractivity (Wildman–Crippen MR) is 78.4 cm³/mol. The van der Waals surface area contributed by atoms with Crippen LogP contribution in [0.1, 0.15) is 45.4 Å². The topological polar surface area (TPSA) is 39.0 Å². The first kappa shape index (κ1) is 14.4. The van der Waals surface area contributed by atoms with Gasteiger partial charge in [0.15, 0.2) is 0 Å². The quantitative estimate of drug-likeness (QED) is 0.768. The van der Waals surface area contributed by atoms with E-state index in [4.69, 9.17) is 0 Å². The number of aryl methyl sites for hydroxylation is 1. The van der Waals surface area contributed by atoms with E-state index >= 15 is 0 Å². The lowest BCUT2D eigenvalue weighted by Crippen LogP contribution is -2.31. The first-order chi connectivity index (χ1) is 9.31. The van der Waals surface area contributed by atoms with Gasteiger partial charge in [0.1, 0.15) is 0 Å². The molecule has 1 aliphatic carbocycles. The lowest BCUT2D eigenvalue weighted by Gasteiger charge is -2.21. The average Bonchev–Trinajstić information content (AvgIpc) is 2.78. The zero-order chi connectivity index (χ0) is 13.5. The fourth-order valence-corrected chi connectivity index (χ4v) is 2.93. The van der Waals surface area contributed by atoms with E-state index in [0.717, 1.165) is 38.5 Å². The van der Waals surface area contributed by atoms with E-state index in [2.05, 4.69) is 12.2 Å². The van der Waals surface area contributed by atoms with Crippen LogP contribution in [0, 0.1) is 5.92 Å². The zero-order valence-electron chi connectivity index (χ0n) is 12.1. The maximum Gasteiger partial charge on any atom is 0.328 e. The second-order valence-electron chi connectivity index (χ2n) is 5.68. The normalized spacial score (nSPS) is 16.9. The van der Waals surface area contributed by atoms with Gasteiger partial charge >= 0.3 is 5.69 Å². The molecule has 0 saturated heterocycles. The van der Waals surface area contributed by atoms with E-state index in [9.17, 15) is 4.79 Å². The minimum atomic E-state index is 0.126. The Hall–Kier alpha value is -1.03. The monoisotopic (exact) mass is 265 g/mol. The largest absolute Gasteiger partial charge is 0.328 e. The molecule has 0 aliphatic heterocycles. The van der Waals surface area contributed by atoms with Crippen LogP contribution in [0.4, 0.5) is 0 Å². The molecule has 1 fully saturated rings. The highest BCUT2D eigenvalue weighted by Gasteiger charge is 2.12.